The Balaban J connectivity index is 1.52. The van der Waals surface area contributed by atoms with E-state index in [1.54, 1.807) is 36.4 Å². The van der Waals surface area contributed by atoms with Gasteiger partial charge in [-0.1, -0.05) is 33.6 Å². The lowest BCUT2D eigenvalue weighted by molar-refractivity contribution is -0.118. The van der Waals surface area contributed by atoms with E-state index in [0.717, 1.165) is 26.7 Å². The van der Waals surface area contributed by atoms with Crippen LogP contribution < -0.4 is 20.1 Å². The number of amides is 2. The van der Waals surface area contributed by atoms with Crippen LogP contribution in [0.25, 0.3) is 6.08 Å². The summed E-state index contributed by atoms with van der Waals surface area (Å²) in [6.07, 6.45) is 1.58. The highest BCUT2D eigenvalue weighted by molar-refractivity contribution is 9.10. The molecule has 1 aliphatic heterocycles. The first kappa shape index (κ1) is 26.6. The molecule has 0 aliphatic carbocycles. The van der Waals surface area contributed by atoms with E-state index in [1.165, 1.54) is 24.3 Å². The second-order valence-corrected chi connectivity index (χ2v) is 11.5. The van der Waals surface area contributed by atoms with Crippen LogP contribution in [0.2, 0.25) is 0 Å². The maximum absolute atomic E-state index is 13.1. The van der Waals surface area contributed by atoms with Gasteiger partial charge in [-0.25, -0.2) is 13.6 Å². The third-order valence-corrected chi connectivity index (χ3v) is 7.51. The smallest absolute Gasteiger partial charge is 0.271 e. The van der Waals surface area contributed by atoms with Crippen LogP contribution >= 0.6 is 27.7 Å². The summed E-state index contributed by atoms with van der Waals surface area (Å²) in [4.78, 5) is 26.8. The summed E-state index contributed by atoms with van der Waals surface area (Å²) in [5.41, 5.74) is 2.60. The van der Waals surface area contributed by atoms with Gasteiger partial charge in [-0.15, -0.1) is 0 Å². The van der Waals surface area contributed by atoms with Gasteiger partial charge in [0.05, 0.1) is 15.5 Å². The summed E-state index contributed by atoms with van der Waals surface area (Å²) in [6.45, 7) is 1.71. The van der Waals surface area contributed by atoms with Crippen LogP contribution in [0.1, 0.15) is 11.1 Å². The quantitative estimate of drug-likeness (QED) is 0.341. The van der Waals surface area contributed by atoms with Gasteiger partial charge in [0.15, 0.2) is 11.8 Å². The maximum Gasteiger partial charge on any atom is 0.271 e. The van der Waals surface area contributed by atoms with Crippen LogP contribution in [0.3, 0.4) is 0 Å². The van der Waals surface area contributed by atoms with Gasteiger partial charge in [-0.3, -0.25) is 19.9 Å². The van der Waals surface area contributed by atoms with E-state index in [4.69, 9.17) is 15.3 Å². The average Bonchev–Trinajstić information content (AvgIpc) is 3.12. The molecule has 0 atom stereocenters. The Morgan fingerprint density at radius 2 is 1.81 bits per heavy atom. The number of rotatable bonds is 7. The highest BCUT2D eigenvalue weighted by atomic mass is 79.9. The van der Waals surface area contributed by atoms with Gasteiger partial charge in [0.2, 0.25) is 10.0 Å². The lowest BCUT2D eigenvalue weighted by Crippen LogP contribution is -2.28. The molecule has 37 heavy (non-hydrogen) atoms. The first-order valence-electron chi connectivity index (χ1n) is 10.8. The van der Waals surface area contributed by atoms with Gasteiger partial charge in [-0.2, -0.15) is 0 Å². The fraction of sp³-hybridized carbons (Fsp3) is 0.0800. The Kier molecular flexibility index (Phi) is 7.83. The van der Waals surface area contributed by atoms with Gasteiger partial charge >= 0.3 is 0 Å². The van der Waals surface area contributed by atoms with Crippen molar-refractivity contribution in [2.45, 2.75) is 11.8 Å². The van der Waals surface area contributed by atoms with Gasteiger partial charge in [0, 0.05) is 15.7 Å². The average molecular weight is 602 g/mol. The highest BCUT2D eigenvalue weighted by Gasteiger charge is 2.34. The fourth-order valence-electron chi connectivity index (χ4n) is 3.39. The van der Waals surface area contributed by atoms with Crippen LogP contribution in [0, 0.1) is 12.3 Å². The van der Waals surface area contributed by atoms with Crippen molar-refractivity contribution in [3.63, 3.8) is 0 Å². The third kappa shape index (κ3) is 6.46. The van der Waals surface area contributed by atoms with Crippen LogP contribution in [0.5, 0.6) is 5.75 Å². The Morgan fingerprint density at radius 1 is 1.14 bits per heavy atom. The number of nitrogens with two attached hydrogens (primary N) is 1. The summed E-state index contributed by atoms with van der Waals surface area (Å²) < 4.78 is 29.5. The number of thioether (sulfide) groups is 1. The summed E-state index contributed by atoms with van der Waals surface area (Å²) in [5.74, 6) is -0.417. The topological polar surface area (TPSA) is 143 Å². The Bertz CT molecular complexity index is 1520. The number of carbonyl (C=O) groups excluding carboxylic acids is 2. The molecule has 12 heteroatoms. The molecule has 1 saturated heterocycles. The van der Waals surface area contributed by atoms with Crippen molar-refractivity contribution in [3.05, 3.63) is 87.2 Å². The number of anilines is 2. The molecular formula is C25H21BrN4O5S2. The lowest BCUT2D eigenvalue weighted by Gasteiger charge is -2.14. The summed E-state index contributed by atoms with van der Waals surface area (Å²) in [5, 5.41) is 16.1. The molecule has 2 amide bonds. The molecule has 190 valence electrons. The number of carbonyl (C=O) groups is 2. The predicted octanol–water partition coefficient (Wildman–Crippen LogP) is 4.48. The molecule has 4 N–H and O–H groups in total. The zero-order valence-corrected chi connectivity index (χ0v) is 22.6. The predicted molar refractivity (Wildman–Crippen MR) is 148 cm³/mol. The number of aryl methyl sites for hydroxylation is 1. The minimum atomic E-state index is -3.88. The molecule has 0 spiro atoms. The van der Waals surface area contributed by atoms with E-state index < -0.39 is 15.9 Å². The third-order valence-electron chi connectivity index (χ3n) is 5.20. The van der Waals surface area contributed by atoms with Crippen LogP contribution in [0.15, 0.2) is 81.0 Å². The first-order valence-corrected chi connectivity index (χ1v) is 13.9. The zero-order chi connectivity index (χ0) is 26.7. The van der Waals surface area contributed by atoms with Gasteiger partial charge < -0.3 is 10.1 Å². The Hall–Kier alpha value is -3.45. The molecule has 9 nitrogen and oxygen atoms in total. The molecule has 1 aliphatic rings. The minimum absolute atomic E-state index is 0.0467. The van der Waals surface area contributed by atoms with Crippen LogP contribution in [-0.2, 0) is 19.6 Å². The monoisotopic (exact) mass is 600 g/mol. The number of benzene rings is 3. The van der Waals surface area contributed by atoms with Gasteiger partial charge in [0.25, 0.3) is 11.8 Å². The maximum atomic E-state index is 13.1. The number of nitrogens with one attached hydrogen (secondary N) is 2. The van der Waals surface area contributed by atoms with Crippen molar-refractivity contribution in [2.24, 2.45) is 5.14 Å². The van der Waals surface area contributed by atoms with Gasteiger partial charge in [0.1, 0.15) is 5.75 Å². The minimum Gasteiger partial charge on any atom is -0.483 e. The lowest BCUT2D eigenvalue weighted by atomic mass is 10.2. The van der Waals surface area contributed by atoms with Crippen LogP contribution in [-0.4, -0.2) is 32.0 Å². The number of sulfonamides is 1. The largest absolute Gasteiger partial charge is 0.483 e. The Morgan fingerprint density at radius 3 is 2.46 bits per heavy atom. The molecule has 0 unspecified atom stereocenters. The van der Waals surface area contributed by atoms with E-state index in [2.05, 4.69) is 21.2 Å². The zero-order valence-electron chi connectivity index (χ0n) is 19.4. The molecule has 0 aromatic heterocycles. The number of hydrogen-bond acceptors (Lipinski definition) is 7. The van der Waals surface area contributed by atoms with E-state index >= 15 is 0 Å². The molecule has 1 heterocycles. The van der Waals surface area contributed by atoms with Gasteiger partial charge in [-0.05, 0) is 79.4 Å². The second kappa shape index (κ2) is 10.9. The number of nitrogens with zero attached hydrogens (tertiary/aromatic N) is 1. The normalized spacial score (nSPS) is 14.8. The summed E-state index contributed by atoms with van der Waals surface area (Å²) >= 11 is 4.36. The number of amidine groups is 1. The standard InChI is InChI=1S/C25H21BrN4O5S2/c1-15-2-5-18(6-3-15)29-23(31)14-35-21-11-4-17(26)12-16(21)13-22-24(32)30(25(27)36-22)19-7-9-20(10-8-19)37(28,33)34/h2-13,27H,14H2,1H3,(H,29,31)(H2,28,33,34)/b22-13-,27-25?. The molecule has 0 bridgehead atoms. The second-order valence-electron chi connectivity index (χ2n) is 7.98. The van der Waals surface area contributed by atoms with E-state index in [0.29, 0.717) is 22.7 Å². The molecular weight excluding hydrogens is 580 g/mol. The number of primary sulfonamides is 1. The van der Waals surface area contributed by atoms with Crippen LogP contribution in [0.4, 0.5) is 11.4 Å². The van der Waals surface area contributed by atoms with E-state index in [-0.39, 0.29) is 27.5 Å². The van der Waals surface area contributed by atoms with Crippen molar-refractivity contribution >= 4 is 72.1 Å². The fourth-order valence-corrected chi connectivity index (χ4v) is 5.14. The molecule has 0 saturated carbocycles. The number of ether oxygens (including phenoxy) is 1. The van der Waals surface area contributed by atoms with Crippen molar-refractivity contribution in [3.8, 4) is 5.75 Å². The van der Waals surface area contributed by atoms with Crippen molar-refractivity contribution in [2.75, 3.05) is 16.8 Å². The van der Waals surface area contributed by atoms with E-state index in [9.17, 15) is 18.0 Å². The van der Waals surface area contributed by atoms with Crippen molar-refractivity contribution in [1.29, 1.82) is 5.41 Å². The molecule has 0 radical (unpaired) electrons. The summed E-state index contributed by atoms with van der Waals surface area (Å²) in [7, 11) is -3.88. The first-order chi connectivity index (χ1) is 17.5. The highest BCUT2D eigenvalue weighted by Crippen LogP contribution is 2.37. The molecule has 4 rings (SSSR count). The van der Waals surface area contributed by atoms with Crippen molar-refractivity contribution in [1.82, 2.24) is 0 Å². The number of halogens is 1. The van der Waals surface area contributed by atoms with E-state index in [1.807, 2.05) is 19.1 Å². The molecule has 3 aromatic carbocycles. The Labute approximate surface area is 226 Å². The summed E-state index contributed by atoms with van der Waals surface area (Å²) in [6, 6.07) is 17.9. The van der Waals surface area contributed by atoms with Crippen molar-refractivity contribution < 1.29 is 22.7 Å². The molecule has 3 aromatic rings. The SMILES string of the molecule is Cc1ccc(NC(=O)COc2ccc(Br)cc2/C=C2\SC(=N)N(c3ccc(S(N)(=O)=O)cc3)C2=O)cc1. The number of hydrogen-bond donors (Lipinski definition) is 3. The molecule has 1 fully saturated rings.